The molecule has 4 rings (SSSR count). The number of halogens is 1. The Morgan fingerprint density at radius 2 is 1.86 bits per heavy atom. The highest BCUT2D eigenvalue weighted by Gasteiger charge is 2.15. The molecule has 0 spiro atoms. The second-order valence-electron chi connectivity index (χ2n) is 6.08. The van der Waals surface area contributed by atoms with Gasteiger partial charge in [-0.15, -0.1) is 0 Å². The van der Waals surface area contributed by atoms with E-state index in [1.165, 1.54) is 13.2 Å². The molecule has 0 bridgehead atoms. The summed E-state index contributed by atoms with van der Waals surface area (Å²) >= 11 is 0. The van der Waals surface area contributed by atoms with Crippen molar-refractivity contribution < 1.29 is 13.9 Å². The molecule has 2 aromatic heterocycles. The zero-order valence-corrected chi connectivity index (χ0v) is 15.0. The van der Waals surface area contributed by atoms with E-state index < -0.39 is 0 Å². The smallest absolute Gasteiger partial charge is 0.231 e. The quantitative estimate of drug-likeness (QED) is 0.489. The van der Waals surface area contributed by atoms with Crippen molar-refractivity contribution in [3.05, 3.63) is 96.6 Å². The predicted octanol–water partition coefficient (Wildman–Crippen LogP) is 4.31. The number of imidazole rings is 1. The van der Waals surface area contributed by atoms with Crippen molar-refractivity contribution in [3.63, 3.8) is 0 Å². The molecular weight excluding hydrogens is 357 g/mol. The molecule has 0 aliphatic rings. The molecule has 0 fully saturated rings. The average molecular weight is 373 g/mol. The summed E-state index contributed by atoms with van der Waals surface area (Å²) in [5.74, 6) is -0.173. The van der Waals surface area contributed by atoms with Crippen LogP contribution in [0.5, 0.6) is 5.75 Å². The third-order valence-corrected chi connectivity index (χ3v) is 4.34. The fraction of sp³-hybridized carbons (Fsp3) is 0.0455. The Balaban J connectivity index is 1.70. The highest BCUT2D eigenvalue weighted by molar-refractivity contribution is 6.06. The molecule has 28 heavy (non-hydrogen) atoms. The van der Waals surface area contributed by atoms with Gasteiger partial charge in [-0.05, 0) is 42.0 Å². The Bertz CT molecular complexity index is 1140. The summed E-state index contributed by atoms with van der Waals surface area (Å²) in [6.07, 6.45) is 4.75. The van der Waals surface area contributed by atoms with Gasteiger partial charge < -0.3 is 9.30 Å². The lowest BCUT2D eigenvalue weighted by molar-refractivity contribution is 0.103. The van der Waals surface area contributed by atoms with Crippen molar-refractivity contribution >= 4 is 5.78 Å². The maximum Gasteiger partial charge on any atom is 0.231 e. The summed E-state index contributed by atoms with van der Waals surface area (Å²) in [6, 6.07) is 17.2. The molecule has 138 valence electrons. The topological polar surface area (TPSA) is 57.0 Å². The standard InChI is InChI=1S/C22H16FN3O2/c1-28-20-10-5-8-17(23)21(20)15-6-4-7-16(12-15)26-13-19(25-14-26)22(27)18-9-2-3-11-24-18/h2-14H,1H3. The minimum atomic E-state index is -0.367. The zero-order valence-electron chi connectivity index (χ0n) is 15.0. The summed E-state index contributed by atoms with van der Waals surface area (Å²) in [7, 11) is 1.51. The first-order valence-electron chi connectivity index (χ1n) is 8.60. The fourth-order valence-electron chi connectivity index (χ4n) is 2.99. The van der Waals surface area contributed by atoms with E-state index in [2.05, 4.69) is 9.97 Å². The van der Waals surface area contributed by atoms with Gasteiger partial charge in [0.05, 0.1) is 12.7 Å². The van der Waals surface area contributed by atoms with Crippen LogP contribution in [0.1, 0.15) is 16.2 Å². The van der Waals surface area contributed by atoms with Crippen molar-refractivity contribution in [1.82, 2.24) is 14.5 Å². The summed E-state index contributed by atoms with van der Waals surface area (Å²) in [5.41, 5.74) is 2.41. The average Bonchev–Trinajstić information content (AvgIpc) is 3.24. The Labute approximate surface area is 161 Å². The second-order valence-corrected chi connectivity index (χ2v) is 6.08. The SMILES string of the molecule is COc1cccc(F)c1-c1cccc(-n2cnc(C(=O)c3ccccn3)c2)c1. The van der Waals surface area contributed by atoms with Crippen LogP contribution in [0.4, 0.5) is 4.39 Å². The van der Waals surface area contributed by atoms with E-state index in [-0.39, 0.29) is 17.3 Å². The van der Waals surface area contributed by atoms with Gasteiger partial charge in [-0.2, -0.15) is 0 Å². The van der Waals surface area contributed by atoms with Crippen LogP contribution in [0.3, 0.4) is 0 Å². The first-order valence-corrected chi connectivity index (χ1v) is 8.60. The van der Waals surface area contributed by atoms with Crippen LogP contribution < -0.4 is 4.74 Å². The van der Waals surface area contributed by atoms with Gasteiger partial charge in [-0.3, -0.25) is 9.78 Å². The molecule has 2 aromatic carbocycles. The predicted molar refractivity (Wildman–Crippen MR) is 103 cm³/mol. The summed E-state index contributed by atoms with van der Waals surface area (Å²) in [6.45, 7) is 0. The van der Waals surface area contributed by atoms with Crippen molar-refractivity contribution in [2.75, 3.05) is 7.11 Å². The first kappa shape index (κ1) is 17.6. The van der Waals surface area contributed by atoms with Gasteiger partial charge in [-0.25, -0.2) is 9.37 Å². The molecule has 2 heterocycles. The maximum atomic E-state index is 14.4. The number of methoxy groups -OCH3 is 1. The summed E-state index contributed by atoms with van der Waals surface area (Å²) < 4.78 is 21.4. The zero-order chi connectivity index (χ0) is 19.5. The maximum absolute atomic E-state index is 14.4. The molecule has 0 radical (unpaired) electrons. The number of carbonyl (C=O) groups excluding carboxylic acids is 1. The van der Waals surface area contributed by atoms with E-state index in [9.17, 15) is 9.18 Å². The molecule has 0 amide bonds. The van der Waals surface area contributed by atoms with Gasteiger partial charge in [0, 0.05) is 18.1 Å². The molecule has 0 atom stereocenters. The minimum absolute atomic E-state index is 0.258. The number of nitrogens with zero attached hydrogens (tertiary/aromatic N) is 3. The van der Waals surface area contributed by atoms with Gasteiger partial charge in [-0.1, -0.05) is 24.3 Å². The lowest BCUT2D eigenvalue weighted by Gasteiger charge is -2.11. The fourth-order valence-corrected chi connectivity index (χ4v) is 2.99. The third-order valence-electron chi connectivity index (χ3n) is 4.34. The molecule has 5 nitrogen and oxygen atoms in total. The molecule has 4 aromatic rings. The van der Waals surface area contributed by atoms with E-state index in [1.807, 2.05) is 18.2 Å². The minimum Gasteiger partial charge on any atom is -0.496 e. The van der Waals surface area contributed by atoms with Crippen molar-refractivity contribution in [2.24, 2.45) is 0 Å². The molecule has 0 unspecified atom stereocenters. The number of ketones is 1. The summed E-state index contributed by atoms with van der Waals surface area (Å²) in [5, 5.41) is 0. The van der Waals surface area contributed by atoms with Gasteiger partial charge in [0.25, 0.3) is 0 Å². The Hall–Kier alpha value is -3.80. The van der Waals surface area contributed by atoms with Crippen LogP contribution >= 0.6 is 0 Å². The van der Waals surface area contributed by atoms with Gasteiger partial charge >= 0.3 is 0 Å². The van der Waals surface area contributed by atoms with Crippen molar-refractivity contribution in [1.29, 1.82) is 0 Å². The lowest BCUT2D eigenvalue weighted by Crippen LogP contribution is -2.03. The number of hydrogen-bond acceptors (Lipinski definition) is 4. The summed E-state index contributed by atoms with van der Waals surface area (Å²) in [4.78, 5) is 20.8. The number of rotatable bonds is 5. The number of hydrogen-bond donors (Lipinski definition) is 0. The van der Waals surface area contributed by atoms with E-state index >= 15 is 0 Å². The molecular formula is C22H16FN3O2. The van der Waals surface area contributed by atoms with Crippen LogP contribution in [0.2, 0.25) is 0 Å². The van der Waals surface area contributed by atoms with Crippen LogP contribution in [-0.4, -0.2) is 27.4 Å². The first-order chi connectivity index (χ1) is 13.7. The Kier molecular flexibility index (Phi) is 4.68. The third kappa shape index (κ3) is 3.27. The number of pyridine rings is 1. The van der Waals surface area contributed by atoms with Crippen LogP contribution in [0, 0.1) is 5.82 Å². The molecule has 0 saturated heterocycles. The molecule has 0 saturated carbocycles. The Morgan fingerprint density at radius 3 is 2.64 bits per heavy atom. The molecule has 0 aliphatic heterocycles. The molecule has 6 heteroatoms. The highest BCUT2D eigenvalue weighted by Crippen LogP contribution is 2.33. The second kappa shape index (κ2) is 7.44. The van der Waals surface area contributed by atoms with Crippen LogP contribution in [0.25, 0.3) is 16.8 Å². The van der Waals surface area contributed by atoms with Gasteiger partial charge in [0.15, 0.2) is 0 Å². The van der Waals surface area contributed by atoms with E-state index in [0.717, 1.165) is 5.69 Å². The largest absolute Gasteiger partial charge is 0.496 e. The lowest BCUT2D eigenvalue weighted by atomic mass is 10.0. The van der Waals surface area contributed by atoms with E-state index in [1.54, 1.807) is 59.7 Å². The number of ether oxygens (including phenoxy) is 1. The molecule has 0 aliphatic carbocycles. The monoisotopic (exact) mass is 373 g/mol. The number of carbonyl (C=O) groups is 1. The van der Waals surface area contributed by atoms with Gasteiger partial charge in [0.1, 0.15) is 29.3 Å². The van der Waals surface area contributed by atoms with Crippen molar-refractivity contribution in [2.45, 2.75) is 0 Å². The normalized spacial score (nSPS) is 10.6. The molecule has 0 N–H and O–H groups in total. The van der Waals surface area contributed by atoms with Crippen LogP contribution in [0.15, 0.2) is 79.4 Å². The number of benzene rings is 2. The van der Waals surface area contributed by atoms with Gasteiger partial charge in [0.2, 0.25) is 5.78 Å². The Morgan fingerprint density at radius 1 is 1.00 bits per heavy atom. The van der Waals surface area contributed by atoms with Crippen LogP contribution in [-0.2, 0) is 0 Å². The highest BCUT2D eigenvalue weighted by atomic mass is 19.1. The van der Waals surface area contributed by atoms with Crippen molar-refractivity contribution in [3.8, 4) is 22.6 Å². The number of aromatic nitrogens is 3. The van der Waals surface area contributed by atoms with E-state index in [0.29, 0.717) is 22.6 Å². The van der Waals surface area contributed by atoms with E-state index in [4.69, 9.17) is 4.74 Å².